The van der Waals surface area contributed by atoms with E-state index in [4.69, 9.17) is 5.73 Å². The first-order chi connectivity index (χ1) is 8.98. The van der Waals surface area contributed by atoms with E-state index in [1.54, 1.807) is 0 Å². The molecule has 0 radical (unpaired) electrons. The summed E-state index contributed by atoms with van der Waals surface area (Å²) < 4.78 is 0. The zero-order chi connectivity index (χ0) is 15.7. The Morgan fingerprint density at radius 2 is 1.50 bits per heavy atom. The maximum Gasteiger partial charge on any atom is 0.130 e. The molecule has 0 heterocycles. The highest BCUT2D eigenvalue weighted by Gasteiger charge is 2.26. The van der Waals surface area contributed by atoms with Crippen molar-refractivity contribution in [1.29, 1.82) is 0 Å². The molecule has 0 bridgehead atoms. The molecule has 0 amide bonds. The number of nitrogens with two attached hydrogens (primary N) is 1. The third-order valence-electron chi connectivity index (χ3n) is 3.25. The lowest BCUT2D eigenvalue weighted by Gasteiger charge is -2.28. The SMILES string of the molecule is C=CN=C(N)c1cc(C(C)(C)C)c(O)c(C(C)(C)C)c1. The molecule has 0 aliphatic rings. The summed E-state index contributed by atoms with van der Waals surface area (Å²) in [6, 6.07) is 3.82. The zero-order valence-corrected chi connectivity index (χ0v) is 13.4. The highest BCUT2D eigenvalue weighted by Crippen LogP contribution is 2.39. The molecule has 0 aromatic heterocycles. The predicted octanol–water partition coefficient (Wildman–Crippen LogP) is 3.84. The van der Waals surface area contributed by atoms with E-state index in [-0.39, 0.29) is 10.8 Å². The van der Waals surface area contributed by atoms with Gasteiger partial charge < -0.3 is 10.8 Å². The molecular weight excluding hydrogens is 248 g/mol. The first-order valence-electron chi connectivity index (χ1n) is 6.81. The van der Waals surface area contributed by atoms with E-state index in [9.17, 15) is 5.11 Å². The Kier molecular flexibility index (Phi) is 4.33. The number of aromatic hydroxyl groups is 1. The molecule has 1 rings (SSSR count). The highest BCUT2D eigenvalue weighted by atomic mass is 16.3. The second-order valence-corrected chi connectivity index (χ2v) is 7.12. The van der Waals surface area contributed by atoms with Gasteiger partial charge in [0.15, 0.2) is 0 Å². The second kappa shape index (κ2) is 5.31. The van der Waals surface area contributed by atoms with Gasteiger partial charge >= 0.3 is 0 Å². The van der Waals surface area contributed by atoms with Gasteiger partial charge in [0.2, 0.25) is 0 Å². The van der Waals surface area contributed by atoms with E-state index in [0.717, 1.165) is 16.7 Å². The number of aliphatic imine (C=N–C) groups is 1. The number of amidine groups is 1. The van der Waals surface area contributed by atoms with Gasteiger partial charge in [-0.1, -0.05) is 48.1 Å². The maximum absolute atomic E-state index is 10.6. The van der Waals surface area contributed by atoms with Crippen molar-refractivity contribution in [2.24, 2.45) is 10.7 Å². The number of phenolic OH excluding ortho intramolecular Hbond substituents is 1. The van der Waals surface area contributed by atoms with Gasteiger partial charge in [0.1, 0.15) is 11.6 Å². The largest absolute Gasteiger partial charge is 0.507 e. The topological polar surface area (TPSA) is 58.6 Å². The van der Waals surface area contributed by atoms with Crippen LogP contribution in [-0.2, 0) is 10.8 Å². The first-order valence-corrected chi connectivity index (χ1v) is 6.81. The van der Waals surface area contributed by atoms with Crippen molar-refractivity contribution in [1.82, 2.24) is 0 Å². The molecule has 3 N–H and O–H groups in total. The van der Waals surface area contributed by atoms with Gasteiger partial charge in [0, 0.05) is 22.9 Å². The van der Waals surface area contributed by atoms with Gasteiger partial charge in [-0.05, 0) is 23.0 Å². The minimum Gasteiger partial charge on any atom is -0.507 e. The van der Waals surface area contributed by atoms with Crippen LogP contribution in [0.5, 0.6) is 5.75 Å². The van der Waals surface area contributed by atoms with E-state index in [2.05, 4.69) is 53.1 Å². The molecule has 0 spiro atoms. The van der Waals surface area contributed by atoms with Crippen LogP contribution in [0.2, 0.25) is 0 Å². The Morgan fingerprint density at radius 3 is 1.80 bits per heavy atom. The highest BCUT2D eigenvalue weighted by molar-refractivity contribution is 5.98. The fourth-order valence-corrected chi connectivity index (χ4v) is 2.10. The maximum atomic E-state index is 10.6. The van der Waals surface area contributed by atoms with Crippen molar-refractivity contribution in [3.63, 3.8) is 0 Å². The molecule has 0 fully saturated rings. The molecule has 1 aromatic carbocycles. The monoisotopic (exact) mass is 274 g/mol. The Labute approximate surface area is 122 Å². The van der Waals surface area contributed by atoms with Crippen LogP contribution >= 0.6 is 0 Å². The van der Waals surface area contributed by atoms with E-state index >= 15 is 0 Å². The fourth-order valence-electron chi connectivity index (χ4n) is 2.10. The third-order valence-corrected chi connectivity index (χ3v) is 3.25. The molecule has 0 aliphatic carbocycles. The summed E-state index contributed by atoms with van der Waals surface area (Å²) in [6.07, 6.45) is 1.43. The average molecular weight is 274 g/mol. The van der Waals surface area contributed by atoms with Gasteiger partial charge in [-0.15, -0.1) is 0 Å². The van der Waals surface area contributed by atoms with Crippen LogP contribution in [0.1, 0.15) is 58.2 Å². The van der Waals surface area contributed by atoms with Crippen LogP contribution in [0.3, 0.4) is 0 Å². The molecular formula is C17H26N2O. The summed E-state index contributed by atoms with van der Waals surface area (Å²) in [5.41, 5.74) is 8.20. The molecule has 1 aromatic rings. The molecule has 0 saturated carbocycles. The molecule has 0 aliphatic heterocycles. The van der Waals surface area contributed by atoms with E-state index < -0.39 is 0 Å². The van der Waals surface area contributed by atoms with Crippen molar-refractivity contribution < 1.29 is 5.11 Å². The average Bonchev–Trinajstić information content (AvgIpc) is 2.26. The van der Waals surface area contributed by atoms with Gasteiger partial charge in [-0.2, -0.15) is 0 Å². The van der Waals surface area contributed by atoms with Crippen molar-refractivity contribution in [3.8, 4) is 5.75 Å². The lowest BCUT2D eigenvalue weighted by molar-refractivity contribution is 0.423. The smallest absolute Gasteiger partial charge is 0.130 e. The quantitative estimate of drug-likeness (QED) is 0.636. The van der Waals surface area contributed by atoms with Crippen LogP contribution in [-0.4, -0.2) is 10.9 Å². The molecule has 20 heavy (non-hydrogen) atoms. The lowest BCUT2D eigenvalue weighted by atomic mass is 9.78. The van der Waals surface area contributed by atoms with Gasteiger partial charge in [-0.25, -0.2) is 4.99 Å². The Balaban J connectivity index is 3.67. The molecule has 3 heteroatoms. The number of hydrogen-bond donors (Lipinski definition) is 2. The van der Waals surface area contributed by atoms with E-state index in [0.29, 0.717) is 11.6 Å². The molecule has 0 unspecified atom stereocenters. The van der Waals surface area contributed by atoms with Crippen LogP contribution < -0.4 is 5.73 Å². The van der Waals surface area contributed by atoms with Gasteiger partial charge in [-0.3, -0.25) is 0 Å². The summed E-state index contributed by atoms with van der Waals surface area (Å²) in [4.78, 5) is 4.05. The third kappa shape index (κ3) is 3.41. The zero-order valence-electron chi connectivity index (χ0n) is 13.4. The normalized spacial score (nSPS) is 13.4. The summed E-state index contributed by atoms with van der Waals surface area (Å²) in [7, 11) is 0. The molecule has 110 valence electrons. The Morgan fingerprint density at radius 1 is 1.10 bits per heavy atom. The van der Waals surface area contributed by atoms with Gasteiger partial charge in [0.05, 0.1) is 0 Å². The van der Waals surface area contributed by atoms with Crippen molar-refractivity contribution in [3.05, 3.63) is 41.6 Å². The van der Waals surface area contributed by atoms with Crippen LogP contribution in [0.4, 0.5) is 0 Å². The number of rotatable bonds is 2. The van der Waals surface area contributed by atoms with Gasteiger partial charge in [0.25, 0.3) is 0 Å². The van der Waals surface area contributed by atoms with Crippen LogP contribution in [0.15, 0.2) is 29.9 Å². The standard InChI is InChI=1S/C17H26N2O/c1-8-19-15(18)11-9-12(16(2,3)4)14(20)13(10-11)17(5,6)7/h8-10,20H,1H2,2-7H3,(H2,18,19). The van der Waals surface area contributed by atoms with Crippen molar-refractivity contribution in [2.75, 3.05) is 0 Å². The molecule has 3 nitrogen and oxygen atoms in total. The summed E-state index contributed by atoms with van der Waals surface area (Å²) in [6.45, 7) is 16.0. The minimum absolute atomic E-state index is 0.172. The van der Waals surface area contributed by atoms with Crippen LogP contribution in [0.25, 0.3) is 0 Å². The second-order valence-electron chi connectivity index (χ2n) is 7.12. The Hall–Kier alpha value is -1.77. The number of hydrogen-bond acceptors (Lipinski definition) is 2. The number of nitrogens with zero attached hydrogens (tertiary/aromatic N) is 1. The number of benzene rings is 1. The fraction of sp³-hybridized carbons (Fsp3) is 0.471. The summed E-state index contributed by atoms with van der Waals surface area (Å²) >= 11 is 0. The summed E-state index contributed by atoms with van der Waals surface area (Å²) in [5, 5.41) is 10.6. The number of phenols is 1. The lowest BCUT2D eigenvalue weighted by Crippen LogP contribution is -2.21. The summed E-state index contributed by atoms with van der Waals surface area (Å²) in [5.74, 6) is 0.760. The van der Waals surface area contributed by atoms with E-state index in [1.807, 2.05) is 12.1 Å². The van der Waals surface area contributed by atoms with Crippen molar-refractivity contribution >= 4 is 5.84 Å². The van der Waals surface area contributed by atoms with Crippen molar-refractivity contribution in [2.45, 2.75) is 52.4 Å². The Bertz CT molecular complexity index is 508. The minimum atomic E-state index is -0.172. The van der Waals surface area contributed by atoms with E-state index in [1.165, 1.54) is 6.20 Å². The predicted molar refractivity (Wildman–Crippen MR) is 86.4 cm³/mol. The first kappa shape index (κ1) is 16.3. The van der Waals surface area contributed by atoms with Crippen LogP contribution in [0, 0.1) is 0 Å². The molecule has 0 saturated heterocycles. The molecule has 0 atom stereocenters.